The number of hydrogen-bond donors (Lipinski definition) is 1. The van der Waals surface area contributed by atoms with Crippen LogP contribution in [0.25, 0.3) is 0 Å². The van der Waals surface area contributed by atoms with Crippen molar-refractivity contribution >= 4 is 17.5 Å². The average Bonchev–Trinajstić information content (AvgIpc) is 3.48. The monoisotopic (exact) mass is 352 g/mol. The van der Waals surface area contributed by atoms with Crippen LogP contribution in [0.2, 0.25) is 0 Å². The molecule has 0 radical (unpaired) electrons. The van der Waals surface area contributed by atoms with E-state index in [-0.39, 0.29) is 17.7 Å². The zero-order valence-electron chi connectivity index (χ0n) is 15.2. The zero-order valence-corrected chi connectivity index (χ0v) is 15.2. The predicted octanol–water partition coefficient (Wildman–Crippen LogP) is 3.49. The number of carbonyl (C=O) groups excluding carboxylic acids is 2. The molecule has 0 heterocycles. The van der Waals surface area contributed by atoms with Gasteiger partial charge in [-0.3, -0.25) is 9.59 Å². The minimum Gasteiger partial charge on any atom is -0.492 e. The van der Waals surface area contributed by atoms with E-state index in [4.69, 9.17) is 4.74 Å². The zero-order chi connectivity index (χ0) is 18.5. The second-order valence-electron chi connectivity index (χ2n) is 6.73. The number of anilines is 1. The van der Waals surface area contributed by atoms with Crippen molar-refractivity contribution in [2.75, 3.05) is 25.5 Å². The molecule has 0 bridgehead atoms. The van der Waals surface area contributed by atoms with E-state index in [0.29, 0.717) is 24.4 Å². The van der Waals surface area contributed by atoms with Gasteiger partial charge in [0.05, 0.1) is 6.54 Å². The molecule has 0 aliphatic heterocycles. The molecule has 26 heavy (non-hydrogen) atoms. The molecule has 2 aromatic carbocycles. The summed E-state index contributed by atoms with van der Waals surface area (Å²) in [7, 11) is 1.75. The lowest BCUT2D eigenvalue weighted by Crippen LogP contribution is -2.31. The standard InChI is InChI=1S/C21H24N2O3/c1-15-6-10-19(11-7-15)26-13-12-23(2)21(25)17-4-3-5-18(14-17)22-20(24)16-8-9-16/h3-7,10-11,14,16H,8-9,12-13H2,1-2H3,(H,22,24). The highest BCUT2D eigenvalue weighted by Gasteiger charge is 2.29. The van der Waals surface area contributed by atoms with Gasteiger partial charge in [-0.1, -0.05) is 23.8 Å². The molecule has 1 aliphatic carbocycles. The molecule has 1 fully saturated rings. The first-order chi connectivity index (χ1) is 12.5. The van der Waals surface area contributed by atoms with Crippen LogP contribution in [-0.4, -0.2) is 36.9 Å². The summed E-state index contributed by atoms with van der Waals surface area (Å²) in [5, 5.41) is 2.87. The Kier molecular flexibility index (Phi) is 5.56. The first-order valence-corrected chi connectivity index (χ1v) is 8.89. The van der Waals surface area contributed by atoms with Crippen LogP contribution in [0.3, 0.4) is 0 Å². The lowest BCUT2D eigenvalue weighted by molar-refractivity contribution is -0.117. The van der Waals surface area contributed by atoms with Gasteiger partial charge in [-0.2, -0.15) is 0 Å². The molecule has 1 N–H and O–H groups in total. The Bertz CT molecular complexity index is 782. The maximum Gasteiger partial charge on any atom is 0.253 e. The van der Waals surface area contributed by atoms with Gasteiger partial charge in [-0.05, 0) is 50.1 Å². The van der Waals surface area contributed by atoms with Gasteiger partial charge in [0, 0.05) is 24.2 Å². The molecule has 0 aromatic heterocycles. The Hall–Kier alpha value is -2.82. The van der Waals surface area contributed by atoms with E-state index in [1.807, 2.05) is 31.2 Å². The van der Waals surface area contributed by atoms with E-state index >= 15 is 0 Å². The quantitative estimate of drug-likeness (QED) is 0.830. The Morgan fingerprint density at radius 2 is 1.88 bits per heavy atom. The Morgan fingerprint density at radius 1 is 1.15 bits per heavy atom. The van der Waals surface area contributed by atoms with Gasteiger partial charge >= 0.3 is 0 Å². The summed E-state index contributed by atoms with van der Waals surface area (Å²) in [4.78, 5) is 26.1. The topological polar surface area (TPSA) is 58.6 Å². The Morgan fingerprint density at radius 3 is 2.58 bits per heavy atom. The molecular weight excluding hydrogens is 328 g/mol. The number of carbonyl (C=O) groups is 2. The van der Waals surface area contributed by atoms with Crippen LogP contribution in [0.4, 0.5) is 5.69 Å². The summed E-state index contributed by atoms with van der Waals surface area (Å²) < 4.78 is 5.68. The Labute approximate surface area is 154 Å². The third-order valence-electron chi connectivity index (χ3n) is 4.39. The smallest absolute Gasteiger partial charge is 0.253 e. The molecule has 3 rings (SSSR count). The molecule has 0 unspecified atom stereocenters. The number of benzene rings is 2. The number of rotatable bonds is 7. The van der Waals surface area contributed by atoms with Crippen molar-refractivity contribution in [3.8, 4) is 5.75 Å². The fourth-order valence-electron chi connectivity index (χ4n) is 2.58. The normalized spacial score (nSPS) is 13.2. The van der Waals surface area contributed by atoms with Crippen LogP contribution in [0.1, 0.15) is 28.8 Å². The van der Waals surface area contributed by atoms with Crippen LogP contribution < -0.4 is 10.1 Å². The molecule has 0 spiro atoms. The molecule has 5 nitrogen and oxygen atoms in total. The molecule has 1 saturated carbocycles. The molecule has 2 aromatic rings. The maximum atomic E-state index is 12.6. The van der Waals surface area contributed by atoms with Gasteiger partial charge in [-0.15, -0.1) is 0 Å². The van der Waals surface area contributed by atoms with Gasteiger partial charge in [0.1, 0.15) is 12.4 Å². The SMILES string of the molecule is Cc1ccc(OCCN(C)C(=O)c2cccc(NC(=O)C3CC3)c2)cc1. The predicted molar refractivity (Wildman–Crippen MR) is 101 cm³/mol. The number of ether oxygens (including phenoxy) is 1. The maximum absolute atomic E-state index is 12.6. The van der Waals surface area contributed by atoms with Crippen LogP contribution >= 0.6 is 0 Å². The van der Waals surface area contributed by atoms with Gasteiger partial charge < -0.3 is 15.0 Å². The Balaban J connectivity index is 1.52. The summed E-state index contributed by atoms with van der Waals surface area (Å²) in [5.41, 5.74) is 2.40. The minimum atomic E-state index is -0.0972. The first kappa shape index (κ1) is 18.0. The van der Waals surface area contributed by atoms with Crippen molar-refractivity contribution in [3.63, 3.8) is 0 Å². The van der Waals surface area contributed by atoms with Gasteiger partial charge in [0.25, 0.3) is 5.91 Å². The molecular formula is C21H24N2O3. The van der Waals surface area contributed by atoms with Gasteiger partial charge in [-0.25, -0.2) is 0 Å². The lowest BCUT2D eigenvalue weighted by atomic mass is 10.1. The van der Waals surface area contributed by atoms with Crippen LogP contribution in [-0.2, 0) is 4.79 Å². The van der Waals surface area contributed by atoms with E-state index in [9.17, 15) is 9.59 Å². The highest BCUT2D eigenvalue weighted by molar-refractivity contribution is 5.98. The van der Waals surface area contributed by atoms with Crippen LogP contribution in [0, 0.1) is 12.8 Å². The molecule has 5 heteroatoms. The minimum absolute atomic E-state index is 0.0365. The number of likely N-dealkylation sites (N-methyl/N-ethyl adjacent to an activating group) is 1. The number of amides is 2. The molecule has 2 amide bonds. The van der Waals surface area contributed by atoms with Crippen molar-refractivity contribution in [2.45, 2.75) is 19.8 Å². The average molecular weight is 352 g/mol. The van der Waals surface area contributed by atoms with Crippen molar-refractivity contribution < 1.29 is 14.3 Å². The van der Waals surface area contributed by atoms with Crippen LogP contribution in [0.15, 0.2) is 48.5 Å². The summed E-state index contributed by atoms with van der Waals surface area (Å²) in [6, 6.07) is 14.9. The second kappa shape index (κ2) is 8.04. The highest BCUT2D eigenvalue weighted by Crippen LogP contribution is 2.30. The molecule has 136 valence electrons. The third-order valence-corrected chi connectivity index (χ3v) is 4.39. The molecule has 0 saturated heterocycles. The summed E-state index contributed by atoms with van der Waals surface area (Å²) >= 11 is 0. The van der Waals surface area contributed by atoms with Crippen molar-refractivity contribution in [1.82, 2.24) is 4.90 Å². The van der Waals surface area contributed by atoms with E-state index in [2.05, 4.69) is 5.32 Å². The summed E-state index contributed by atoms with van der Waals surface area (Å²) in [6.07, 6.45) is 1.91. The fourth-order valence-corrected chi connectivity index (χ4v) is 2.58. The van der Waals surface area contributed by atoms with E-state index in [0.717, 1.165) is 18.6 Å². The summed E-state index contributed by atoms with van der Waals surface area (Å²) in [6.45, 7) is 2.92. The number of nitrogens with one attached hydrogen (secondary N) is 1. The van der Waals surface area contributed by atoms with Crippen molar-refractivity contribution in [2.24, 2.45) is 5.92 Å². The largest absolute Gasteiger partial charge is 0.492 e. The van der Waals surface area contributed by atoms with E-state index < -0.39 is 0 Å². The first-order valence-electron chi connectivity index (χ1n) is 8.89. The molecule has 0 atom stereocenters. The highest BCUT2D eigenvalue weighted by atomic mass is 16.5. The lowest BCUT2D eigenvalue weighted by Gasteiger charge is -2.18. The number of nitrogens with zero attached hydrogens (tertiary/aromatic N) is 1. The second-order valence-corrected chi connectivity index (χ2v) is 6.73. The van der Waals surface area contributed by atoms with E-state index in [1.165, 1.54) is 5.56 Å². The van der Waals surface area contributed by atoms with Crippen LogP contribution in [0.5, 0.6) is 5.75 Å². The number of hydrogen-bond acceptors (Lipinski definition) is 3. The fraction of sp³-hybridized carbons (Fsp3) is 0.333. The third kappa shape index (κ3) is 4.85. The van der Waals surface area contributed by atoms with Gasteiger partial charge in [0.2, 0.25) is 5.91 Å². The van der Waals surface area contributed by atoms with Crippen molar-refractivity contribution in [3.05, 3.63) is 59.7 Å². The van der Waals surface area contributed by atoms with Crippen molar-refractivity contribution in [1.29, 1.82) is 0 Å². The van der Waals surface area contributed by atoms with E-state index in [1.54, 1.807) is 36.2 Å². The molecule has 1 aliphatic rings. The van der Waals surface area contributed by atoms with Gasteiger partial charge in [0.15, 0.2) is 0 Å². The number of aryl methyl sites for hydroxylation is 1. The summed E-state index contributed by atoms with van der Waals surface area (Å²) in [5.74, 6) is 0.867.